The van der Waals surface area contributed by atoms with E-state index in [1.807, 2.05) is 32.0 Å². The van der Waals surface area contributed by atoms with Crippen LogP contribution in [0.1, 0.15) is 21.5 Å². The summed E-state index contributed by atoms with van der Waals surface area (Å²) >= 11 is 5.79. The Morgan fingerprint density at radius 1 is 1.21 bits per heavy atom. The molecule has 4 nitrogen and oxygen atoms in total. The van der Waals surface area contributed by atoms with Crippen molar-refractivity contribution in [2.75, 3.05) is 0 Å². The number of primary amides is 1. The van der Waals surface area contributed by atoms with Crippen molar-refractivity contribution in [1.29, 1.82) is 0 Å². The van der Waals surface area contributed by atoms with Crippen molar-refractivity contribution in [1.82, 2.24) is 4.98 Å². The number of benzene rings is 1. The van der Waals surface area contributed by atoms with Crippen molar-refractivity contribution in [3.05, 3.63) is 52.2 Å². The van der Waals surface area contributed by atoms with Gasteiger partial charge in [-0.2, -0.15) is 0 Å². The van der Waals surface area contributed by atoms with E-state index in [4.69, 9.17) is 22.1 Å². The molecule has 1 aromatic carbocycles. The Morgan fingerprint density at radius 2 is 1.84 bits per heavy atom. The number of carbonyl (C=O) groups excluding carboxylic acids is 1. The van der Waals surface area contributed by atoms with Crippen molar-refractivity contribution in [2.24, 2.45) is 5.73 Å². The Morgan fingerprint density at radius 3 is 2.42 bits per heavy atom. The van der Waals surface area contributed by atoms with Gasteiger partial charge < -0.3 is 10.5 Å². The van der Waals surface area contributed by atoms with Crippen molar-refractivity contribution < 1.29 is 9.53 Å². The van der Waals surface area contributed by atoms with Crippen LogP contribution in [0.25, 0.3) is 0 Å². The summed E-state index contributed by atoms with van der Waals surface area (Å²) in [5.74, 6) is 0.131. The van der Waals surface area contributed by atoms with Crippen molar-refractivity contribution in [3.8, 4) is 11.6 Å². The molecule has 2 rings (SSSR count). The fraction of sp³-hybridized carbons (Fsp3) is 0.143. The number of amides is 1. The minimum atomic E-state index is -0.630. The molecule has 0 radical (unpaired) electrons. The maximum absolute atomic E-state index is 11.3. The van der Waals surface area contributed by atoms with Crippen molar-refractivity contribution in [2.45, 2.75) is 13.8 Å². The summed E-state index contributed by atoms with van der Waals surface area (Å²) < 4.78 is 5.62. The highest BCUT2D eigenvalue weighted by Crippen LogP contribution is 2.26. The zero-order chi connectivity index (χ0) is 14.0. The lowest BCUT2D eigenvalue weighted by Crippen LogP contribution is -2.13. The van der Waals surface area contributed by atoms with Crippen LogP contribution in [0.15, 0.2) is 30.5 Å². The SMILES string of the molecule is Cc1cc(C)cc(Oc2ncc(Cl)cc2C(N)=O)c1. The molecule has 0 bridgehead atoms. The third kappa shape index (κ3) is 3.23. The summed E-state index contributed by atoms with van der Waals surface area (Å²) in [4.78, 5) is 15.3. The van der Waals surface area contributed by atoms with E-state index in [0.29, 0.717) is 10.8 Å². The molecular formula is C14H13ClN2O2. The molecule has 2 aromatic rings. The molecule has 1 amide bonds. The molecule has 0 saturated carbocycles. The molecule has 0 spiro atoms. The van der Waals surface area contributed by atoms with Gasteiger partial charge in [-0.05, 0) is 43.2 Å². The molecular weight excluding hydrogens is 264 g/mol. The number of nitrogens with two attached hydrogens (primary N) is 1. The number of nitrogens with zero attached hydrogens (tertiary/aromatic N) is 1. The van der Waals surface area contributed by atoms with Gasteiger partial charge in [0.1, 0.15) is 11.3 Å². The summed E-state index contributed by atoms with van der Waals surface area (Å²) in [5.41, 5.74) is 7.56. The summed E-state index contributed by atoms with van der Waals surface area (Å²) in [6, 6.07) is 7.17. The van der Waals surface area contributed by atoms with Gasteiger partial charge >= 0.3 is 0 Å². The lowest BCUT2D eigenvalue weighted by molar-refractivity contribution is 0.0997. The average Bonchev–Trinajstić information content (AvgIpc) is 2.30. The Bertz CT molecular complexity index is 621. The molecule has 0 unspecified atom stereocenters. The van der Waals surface area contributed by atoms with Crippen LogP contribution in [-0.2, 0) is 0 Å². The first-order valence-electron chi connectivity index (χ1n) is 5.67. The zero-order valence-corrected chi connectivity index (χ0v) is 11.4. The molecule has 19 heavy (non-hydrogen) atoms. The topological polar surface area (TPSA) is 65.2 Å². The minimum absolute atomic E-state index is 0.155. The molecule has 0 saturated heterocycles. The first-order chi connectivity index (χ1) is 8.95. The first-order valence-corrected chi connectivity index (χ1v) is 6.05. The number of rotatable bonds is 3. The predicted octanol–water partition coefficient (Wildman–Crippen LogP) is 3.24. The van der Waals surface area contributed by atoms with E-state index < -0.39 is 5.91 Å². The summed E-state index contributed by atoms with van der Waals surface area (Å²) in [6.07, 6.45) is 1.41. The summed E-state index contributed by atoms with van der Waals surface area (Å²) in [6.45, 7) is 3.92. The van der Waals surface area contributed by atoms with Crippen molar-refractivity contribution in [3.63, 3.8) is 0 Å². The largest absolute Gasteiger partial charge is 0.438 e. The first kappa shape index (κ1) is 13.4. The second-order valence-corrected chi connectivity index (χ2v) is 4.73. The molecule has 0 aliphatic carbocycles. The second kappa shape index (κ2) is 5.28. The van der Waals surface area contributed by atoms with Gasteiger partial charge in [-0.15, -0.1) is 0 Å². The molecule has 0 aliphatic heterocycles. The lowest BCUT2D eigenvalue weighted by Gasteiger charge is -2.09. The predicted molar refractivity (Wildman–Crippen MR) is 73.8 cm³/mol. The molecule has 98 valence electrons. The van der Waals surface area contributed by atoms with E-state index in [9.17, 15) is 4.79 Å². The minimum Gasteiger partial charge on any atom is -0.438 e. The van der Waals surface area contributed by atoms with Crippen molar-refractivity contribution >= 4 is 17.5 Å². The van der Waals surface area contributed by atoms with Gasteiger partial charge in [0, 0.05) is 6.20 Å². The van der Waals surface area contributed by atoms with Crippen LogP contribution in [-0.4, -0.2) is 10.9 Å². The molecule has 0 atom stereocenters. The van der Waals surface area contributed by atoms with Crippen LogP contribution in [0.3, 0.4) is 0 Å². The third-order valence-corrected chi connectivity index (χ3v) is 2.70. The number of halogens is 1. The monoisotopic (exact) mass is 276 g/mol. The molecule has 0 fully saturated rings. The normalized spacial score (nSPS) is 10.3. The third-order valence-electron chi connectivity index (χ3n) is 2.49. The van der Waals surface area contributed by atoms with Gasteiger partial charge in [0.05, 0.1) is 5.02 Å². The van der Waals surface area contributed by atoms with Crippen LogP contribution in [0.4, 0.5) is 0 Å². The van der Waals surface area contributed by atoms with Crippen LogP contribution >= 0.6 is 11.6 Å². The van der Waals surface area contributed by atoms with E-state index in [-0.39, 0.29) is 11.4 Å². The Labute approximate surface area is 116 Å². The smallest absolute Gasteiger partial charge is 0.254 e. The summed E-state index contributed by atoms with van der Waals surface area (Å²) in [5, 5.41) is 0.335. The number of hydrogen-bond acceptors (Lipinski definition) is 3. The van der Waals surface area contributed by atoms with E-state index in [1.165, 1.54) is 12.3 Å². The molecule has 1 heterocycles. The maximum Gasteiger partial charge on any atom is 0.254 e. The highest BCUT2D eigenvalue weighted by Gasteiger charge is 2.13. The van der Waals surface area contributed by atoms with E-state index in [2.05, 4.69) is 4.98 Å². The van der Waals surface area contributed by atoms with E-state index in [1.54, 1.807) is 0 Å². The van der Waals surface area contributed by atoms with E-state index in [0.717, 1.165) is 11.1 Å². The van der Waals surface area contributed by atoms with Gasteiger partial charge in [0.15, 0.2) is 0 Å². The number of ether oxygens (including phenoxy) is 1. The Hall–Kier alpha value is -2.07. The molecule has 2 N–H and O–H groups in total. The fourth-order valence-electron chi connectivity index (χ4n) is 1.79. The molecule has 5 heteroatoms. The van der Waals surface area contributed by atoms with Gasteiger partial charge in [0.2, 0.25) is 5.88 Å². The van der Waals surface area contributed by atoms with Gasteiger partial charge in [-0.25, -0.2) is 4.98 Å². The van der Waals surface area contributed by atoms with Gasteiger partial charge in [-0.3, -0.25) is 4.79 Å². The zero-order valence-electron chi connectivity index (χ0n) is 10.6. The van der Waals surface area contributed by atoms with Crippen LogP contribution < -0.4 is 10.5 Å². The van der Waals surface area contributed by atoms with E-state index >= 15 is 0 Å². The van der Waals surface area contributed by atoms with Crippen LogP contribution in [0.5, 0.6) is 11.6 Å². The van der Waals surface area contributed by atoms with Crippen LogP contribution in [0, 0.1) is 13.8 Å². The highest BCUT2D eigenvalue weighted by atomic mass is 35.5. The molecule has 1 aromatic heterocycles. The second-order valence-electron chi connectivity index (χ2n) is 4.30. The number of carbonyl (C=O) groups is 1. The quantitative estimate of drug-likeness (QED) is 0.936. The average molecular weight is 277 g/mol. The lowest BCUT2D eigenvalue weighted by atomic mass is 10.1. The number of aryl methyl sites for hydroxylation is 2. The number of pyridine rings is 1. The van der Waals surface area contributed by atoms with Crippen LogP contribution in [0.2, 0.25) is 5.02 Å². The number of hydrogen-bond donors (Lipinski definition) is 1. The molecule has 0 aliphatic rings. The maximum atomic E-state index is 11.3. The summed E-state index contributed by atoms with van der Waals surface area (Å²) in [7, 11) is 0. The standard InChI is InChI=1S/C14H13ClN2O2/c1-8-3-9(2)5-11(4-8)19-14-12(13(16)18)6-10(15)7-17-14/h3-7H,1-2H3,(H2,16,18). The van der Waals surface area contributed by atoms with Gasteiger partial charge in [0.25, 0.3) is 5.91 Å². The fourth-order valence-corrected chi connectivity index (χ4v) is 1.95. The Balaban J connectivity index is 2.40. The van der Waals surface area contributed by atoms with Gasteiger partial charge in [-0.1, -0.05) is 17.7 Å². The Kier molecular flexibility index (Phi) is 3.71. The highest BCUT2D eigenvalue weighted by molar-refractivity contribution is 6.30. The number of aromatic nitrogens is 1.